The molecule has 1 atom stereocenters. The lowest BCUT2D eigenvalue weighted by molar-refractivity contribution is -0.167. The molecule has 0 radical (unpaired) electrons. The van der Waals surface area contributed by atoms with E-state index in [1.165, 1.54) is 51.4 Å². The molecule has 400 valence electrons. The summed E-state index contributed by atoms with van der Waals surface area (Å²) < 4.78 is 16.8. The fourth-order valence-corrected chi connectivity index (χ4v) is 7.29. The Kier molecular flexibility index (Phi) is 54.5. The van der Waals surface area contributed by atoms with Crippen molar-refractivity contribution in [1.29, 1.82) is 0 Å². The van der Waals surface area contributed by atoms with Crippen molar-refractivity contribution >= 4 is 17.9 Å². The second-order valence-corrected chi connectivity index (χ2v) is 18.5. The molecule has 0 aromatic heterocycles. The van der Waals surface area contributed by atoms with Crippen molar-refractivity contribution in [3.8, 4) is 0 Å². The molecule has 6 nitrogen and oxygen atoms in total. The lowest BCUT2D eigenvalue weighted by Crippen LogP contribution is -2.30. The van der Waals surface area contributed by atoms with Gasteiger partial charge in [-0.15, -0.1) is 0 Å². The third-order valence-electron chi connectivity index (χ3n) is 11.6. The molecule has 0 rings (SSSR count). The highest BCUT2D eigenvalue weighted by Gasteiger charge is 2.19. The van der Waals surface area contributed by atoms with Gasteiger partial charge >= 0.3 is 17.9 Å². The van der Waals surface area contributed by atoms with E-state index in [9.17, 15) is 14.4 Å². The summed E-state index contributed by atoms with van der Waals surface area (Å²) in [6, 6.07) is 0. The Morgan fingerprint density at radius 2 is 0.563 bits per heavy atom. The molecule has 0 N–H and O–H groups in total. The van der Waals surface area contributed by atoms with E-state index in [1.54, 1.807) is 0 Å². The van der Waals surface area contributed by atoms with Crippen molar-refractivity contribution in [2.45, 2.75) is 245 Å². The Balaban J connectivity index is 4.43. The molecule has 0 saturated heterocycles. The standard InChI is InChI=1S/C65H104O6/c1-4-7-10-13-16-19-22-25-27-28-29-30-31-32-33-34-35-36-37-38-39-41-43-46-49-52-55-58-64(67)70-61-62(60-69-63(66)57-54-51-48-45-42-24-21-18-15-12-9-6-3)71-65(68)59-56-53-50-47-44-40-26-23-20-17-14-11-8-5-2/h7,10,14,16-19,21,23,25-27,29-30,32-33,35-36,38-39,43,46,62H,4-6,8-9,11-13,15,20,22,24,28,31,34,37,40-42,44-45,47-61H2,1-3H3/b10-7-,17-14-,19-16-,21-18-,26-23-,27-25-,30-29-,33-32-,36-35-,39-38-,46-43-. The largest absolute Gasteiger partial charge is 0.462 e. The molecule has 0 spiro atoms. The SMILES string of the molecule is CC/C=C\C/C=C\C/C=C\C/C=C\C/C=C\C/C=C\C/C=C\C/C=C\CCCCC(=O)OCC(COC(=O)CCCCCCC/C=C\CCCCC)OC(=O)CCCCCCC/C=C\C/C=C\CCCC. The van der Waals surface area contributed by atoms with Gasteiger partial charge in [0.15, 0.2) is 6.10 Å². The fourth-order valence-electron chi connectivity index (χ4n) is 7.29. The van der Waals surface area contributed by atoms with Gasteiger partial charge in [0.1, 0.15) is 13.2 Å². The van der Waals surface area contributed by atoms with Gasteiger partial charge in [-0.25, -0.2) is 0 Å². The van der Waals surface area contributed by atoms with E-state index in [2.05, 4.69) is 154 Å². The molecule has 0 aromatic rings. The molecule has 0 aromatic carbocycles. The Bertz CT molecular complexity index is 1550. The molecule has 1 unspecified atom stereocenters. The number of rotatable bonds is 50. The monoisotopic (exact) mass is 981 g/mol. The van der Waals surface area contributed by atoms with Crippen LogP contribution in [0.3, 0.4) is 0 Å². The van der Waals surface area contributed by atoms with E-state index < -0.39 is 6.10 Å². The summed E-state index contributed by atoms with van der Waals surface area (Å²) in [4.78, 5) is 38.1. The molecule has 0 bridgehead atoms. The third kappa shape index (κ3) is 56.3. The number of esters is 3. The predicted molar refractivity (Wildman–Crippen MR) is 306 cm³/mol. The highest BCUT2D eigenvalue weighted by atomic mass is 16.6. The van der Waals surface area contributed by atoms with Crippen LogP contribution in [0, 0.1) is 0 Å². The zero-order valence-electron chi connectivity index (χ0n) is 45.7. The third-order valence-corrected chi connectivity index (χ3v) is 11.6. The Morgan fingerprint density at radius 1 is 0.296 bits per heavy atom. The second-order valence-electron chi connectivity index (χ2n) is 18.5. The minimum Gasteiger partial charge on any atom is -0.462 e. The van der Waals surface area contributed by atoms with E-state index in [0.29, 0.717) is 25.7 Å². The Hall–Kier alpha value is -4.45. The summed E-state index contributed by atoms with van der Waals surface area (Å²) in [5, 5.41) is 0. The number of hydrogen-bond donors (Lipinski definition) is 0. The Labute approximate surface area is 436 Å². The second kappa shape index (κ2) is 58.1. The van der Waals surface area contributed by atoms with Gasteiger partial charge in [-0.3, -0.25) is 14.4 Å². The summed E-state index contributed by atoms with van der Waals surface area (Å²) in [6.45, 7) is 6.39. The fraction of sp³-hybridized carbons (Fsp3) is 0.615. The van der Waals surface area contributed by atoms with Crippen LogP contribution in [0.5, 0.6) is 0 Å². The van der Waals surface area contributed by atoms with Crippen LogP contribution >= 0.6 is 0 Å². The van der Waals surface area contributed by atoms with Crippen LogP contribution in [-0.2, 0) is 28.6 Å². The summed E-state index contributed by atoms with van der Waals surface area (Å²) in [7, 11) is 0. The number of unbranched alkanes of at least 4 members (excludes halogenated alkanes) is 17. The van der Waals surface area contributed by atoms with Crippen LogP contribution in [0.1, 0.15) is 239 Å². The molecule has 71 heavy (non-hydrogen) atoms. The topological polar surface area (TPSA) is 78.9 Å². The molecule has 0 saturated carbocycles. The summed E-state index contributed by atoms with van der Waals surface area (Å²) in [5.41, 5.74) is 0. The lowest BCUT2D eigenvalue weighted by Gasteiger charge is -2.18. The normalized spacial score (nSPS) is 13.1. The van der Waals surface area contributed by atoms with Crippen molar-refractivity contribution < 1.29 is 28.6 Å². The van der Waals surface area contributed by atoms with Crippen molar-refractivity contribution in [3.05, 3.63) is 134 Å². The predicted octanol–water partition coefficient (Wildman–Crippen LogP) is 19.4. The molecule has 0 aliphatic heterocycles. The average Bonchev–Trinajstić information content (AvgIpc) is 3.37. The van der Waals surface area contributed by atoms with Crippen LogP contribution < -0.4 is 0 Å². The van der Waals surface area contributed by atoms with E-state index in [4.69, 9.17) is 14.2 Å². The molecule has 0 fully saturated rings. The van der Waals surface area contributed by atoms with Crippen LogP contribution in [-0.4, -0.2) is 37.2 Å². The van der Waals surface area contributed by atoms with Crippen molar-refractivity contribution in [2.24, 2.45) is 0 Å². The van der Waals surface area contributed by atoms with Crippen LogP contribution in [0.15, 0.2) is 134 Å². The molecule has 0 heterocycles. The van der Waals surface area contributed by atoms with E-state index in [1.807, 2.05) is 0 Å². The van der Waals surface area contributed by atoms with E-state index in [-0.39, 0.29) is 31.1 Å². The number of carbonyl (C=O) groups excluding carboxylic acids is 3. The maximum atomic E-state index is 12.8. The lowest BCUT2D eigenvalue weighted by atomic mass is 10.1. The zero-order valence-corrected chi connectivity index (χ0v) is 45.7. The first kappa shape index (κ1) is 66.6. The van der Waals surface area contributed by atoms with Gasteiger partial charge in [0.05, 0.1) is 0 Å². The minimum atomic E-state index is -0.811. The molecular weight excluding hydrogens is 877 g/mol. The molecule has 0 aliphatic carbocycles. The quantitative estimate of drug-likeness (QED) is 0.0262. The molecule has 0 aliphatic rings. The highest BCUT2D eigenvalue weighted by Crippen LogP contribution is 2.13. The zero-order chi connectivity index (χ0) is 51.4. The Morgan fingerprint density at radius 3 is 0.944 bits per heavy atom. The van der Waals surface area contributed by atoms with Gasteiger partial charge in [-0.1, -0.05) is 219 Å². The highest BCUT2D eigenvalue weighted by molar-refractivity contribution is 5.71. The number of hydrogen-bond acceptors (Lipinski definition) is 6. The summed E-state index contributed by atoms with van der Waals surface area (Å²) in [5.74, 6) is -0.980. The molecular formula is C65H104O6. The smallest absolute Gasteiger partial charge is 0.306 e. The number of ether oxygens (including phenoxy) is 3. The van der Waals surface area contributed by atoms with E-state index >= 15 is 0 Å². The average molecular weight is 982 g/mol. The maximum absolute atomic E-state index is 12.8. The van der Waals surface area contributed by atoms with Crippen molar-refractivity contribution in [1.82, 2.24) is 0 Å². The molecule has 6 heteroatoms. The summed E-state index contributed by atoms with van der Waals surface area (Å²) in [6.07, 6.45) is 81.6. The van der Waals surface area contributed by atoms with Gasteiger partial charge in [0, 0.05) is 19.3 Å². The van der Waals surface area contributed by atoms with Crippen LogP contribution in [0.2, 0.25) is 0 Å². The first-order chi connectivity index (χ1) is 35.0. The maximum Gasteiger partial charge on any atom is 0.306 e. The van der Waals surface area contributed by atoms with Crippen molar-refractivity contribution in [2.75, 3.05) is 13.2 Å². The van der Waals surface area contributed by atoms with Gasteiger partial charge in [-0.05, 0) is 135 Å². The van der Waals surface area contributed by atoms with Crippen molar-refractivity contribution in [3.63, 3.8) is 0 Å². The summed E-state index contributed by atoms with van der Waals surface area (Å²) >= 11 is 0. The minimum absolute atomic E-state index is 0.106. The van der Waals surface area contributed by atoms with Gasteiger partial charge < -0.3 is 14.2 Å². The number of allylic oxidation sites excluding steroid dienone is 22. The van der Waals surface area contributed by atoms with Crippen LogP contribution in [0.4, 0.5) is 0 Å². The van der Waals surface area contributed by atoms with Gasteiger partial charge in [0.2, 0.25) is 0 Å². The number of carbonyl (C=O) groups is 3. The molecule has 0 amide bonds. The van der Waals surface area contributed by atoms with E-state index in [0.717, 1.165) is 141 Å². The van der Waals surface area contributed by atoms with Crippen LogP contribution in [0.25, 0.3) is 0 Å². The van der Waals surface area contributed by atoms with Gasteiger partial charge in [-0.2, -0.15) is 0 Å². The van der Waals surface area contributed by atoms with Gasteiger partial charge in [0.25, 0.3) is 0 Å². The first-order valence-electron chi connectivity index (χ1n) is 28.7. The first-order valence-corrected chi connectivity index (χ1v) is 28.7.